The summed E-state index contributed by atoms with van der Waals surface area (Å²) in [5.74, 6) is 1.16. The quantitative estimate of drug-likeness (QED) is 0.706. The van der Waals surface area contributed by atoms with Gasteiger partial charge in [0.2, 0.25) is 15.9 Å². The number of ether oxygens (including phenoxy) is 1. The van der Waals surface area contributed by atoms with Crippen molar-refractivity contribution in [3.8, 4) is 5.88 Å². The minimum Gasteiger partial charge on any atom is -0.472 e. The Labute approximate surface area is 167 Å². The van der Waals surface area contributed by atoms with Crippen LogP contribution in [0.3, 0.4) is 0 Å². The van der Waals surface area contributed by atoms with Gasteiger partial charge in [-0.25, -0.2) is 8.42 Å². The number of anilines is 1. The zero-order valence-electron chi connectivity index (χ0n) is 16.7. The van der Waals surface area contributed by atoms with Crippen LogP contribution in [0.25, 0.3) is 0 Å². The second kappa shape index (κ2) is 8.87. The predicted octanol–water partition coefficient (Wildman–Crippen LogP) is 2.73. The summed E-state index contributed by atoms with van der Waals surface area (Å²) in [4.78, 5) is 2.19. The average Bonchev–Trinajstić information content (AvgIpc) is 2.69. The summed E-state index contributed by atoms with van der Waals surface area (Å²) in [5.41, 5.74) is 1.15. The Bertz CT molecular complexity index is 867. The van der Waals surface area contributed by atoms with Gasteiger partial charge in [0.05, 0.1) is 11.4 Å². The molecule has 0 saturated carbocycles. The number of benzene rings is 1. The first-order chi connectivity index (χ1) is 13.4. The van der Waals surface area contributed by atoms with Gasteiger partial charge in [-0.15, -0.1) is 10.2 Å². The van der Waals surface area contributed by atoms with E-state index in [1.54, 1.807) is 18.2 Å². The molecule has 7 nitrogen and oxygen atoms in total. The summed E-state index contributed by atoms with van der Waals surface area (Å²) in [7, 11) is 0.258. The van der Waals surface area contributed by atoms with Gasteiger partial charge in [-0.3, -0.25) is 0 Å². The van der Waals surface area contributed by atoms with E-state index in [2.05, 4.69) is 17.1 Å². The Morgan fingerprint density at radius 2 is 1.89 bits per heavy atom. The van der Waals surface area contributed by atoms with Crippen LogP contribution in [0.15, 0.2) is 41.3 Å². The lowest BCUT2D eigenvalue weighted by molar-refractivity contribution is 0.123. The van der Waals surface area contributed by atoms with Crippen LogP contribution < -0.4 is 9.64 Å². The number of aryl methyl sites for hydroxylation is 1. The maximum atomic E-state index is 13.0. The molecule has 1 aliphatic heterocycles. The summed E-state index contributed by atoms with van der Waals surface area (Å²) in [6.45, 7) is 2.93. The lowest BCUT2D eigenvalue weighted by Gasteiger charge is -2.31. The van der Waals surface area contributed by atoms with Crippen molar-refractivity contribution in [2.45, 2.75) is 43.6 Å². The van der Waals surface area contributed by atoms with Crippen LogP contribution in [0.1, 0.15) is 31.7 Å². The van der Waals surface area contributed by atoms with Crippen LogP contribution in [-0.2, 0) is 16.4 Å². The Morgan fingerprint density at radius 3 is 2.50 bits per heavy atom. The summed E-state index contributed by atoms with van der Waals surface area (Å²) in [6.07, 6.45) is 3.30. The fourth-order valence-corrected chi connectivity index (χ4v) is 4.78. The SMILES string of the molecule is CCCc1ccc(S(=O)(=O)N2CCCC(Oc3ccc(N(C)C)nn3)C2)cc1. The Hall–Kier alpha value is -2.19. The molecule has 8 heteroatoms. The molecule has 0 aliphatic carbocycles. The molecule has 1 aromatic heterocycles. The van der Waals surface area contributed by atoms with Gasteiger partial charge < -0.3 is 9.64 Å². The van der Waals surface area contributed by atoms with Gasteiger partial charge in [-0.2, -0.15) is 4.31 Å². The van der Waals surface area contributed by atoms with Gasteiger partial charge in [0, 0.05) is 26.7 Å². The first-order valence-electron chi connectivity index (χ1n) is 9.67. The molecule has 1 atom stereocenters. The molecule has 0 radical (unpaired) electrons. The Morgan fingerprint density at radius 1 is 1.14 bits per heavy atom. The third kappa shape index (κ3) is 4.80. The van der Waals surface area contributed by atoms with E-state index in [1.165, 1.54) is 4.31 Å². The van der Waals surface area contributed by atoms with Gasteiger partial charge in [0.15, 0.2) is 5.82 Å². The number of piperidine rings is 1. The highest BCUT2D eigenvalue weighted by molar-refractivity contribution is 7.89. The number of sulfonamides is 1. The van der Waals surface area contributed by atoms with Gasteiger partial charge in [0.25, 0.3) is 0 Å². The van der Waals surface area contributed by atoms with Gasteiger partial charge in [-0.1, -0.05) is 25.5 Å². The number of rotatable bonds is 7. The summed E-state index contributed by atoms with van der Waals surface area (Å²) in [5, 5.41) is 8.19. The first-order valence-corrected chi connectivity index (χ1v) is 11.1. The second-order valence-corrected chi connectivity index (χ2v) is 9.20. The minimum atomic E-state index is -3.53. The molecule has 2 heterocycles. The van der Waals surface area contributed by atoms with Crippen molar-refractivity contribution in [3.63, 3.8) is 0 Å². The number of nitrogens with zero attached hydrogens (tertiary/aromatic N) is 4. The van der Waals surface area contributed by atoms with Gasteiger partial charge in [0.1, 0.15) is 6.10 Å². The van der Waals surface area contributed by atoms with Crippen LogP contribution >= 0.6 is 0 Å². The molecule has 0 bridgehead atoms. The predicted molar refractivity (Wildman–Crippen MR) is 109 cm³/mol. The van der Waals surface area contributed by atoms with E-state index in [4.69, 9.17) is 4.74 Å². The van der Waals surface area contributed by atoms with Crippen molar-refractivity contribution < 1.29 is 13.2 Å². The third-order valence-electron chi connectivity index (χ3n) is 4.81. The van der Waals surface area contributed by atoms with E-state index in [0.29, 0.717) is 23.9 Å². The van der Waals surface area contributed by atoms with Crippen LogP contribution in [-0.4, -0.2) is 56.2 Å². The molecular formula is C20H28N4O3S. The smallest absolute Gasteiger partial charge is 0.243 e. The van der Waals surface area contributed by atoms with Crippen molar-refractivity contribution in [2.24, 2.45) is 0 Å². The molecule has 1 unspecified atom stereocenters. The Kier molecular flexibility index (Phi) is 6.51. The van der Waals surface area contributed by atoms with Crippen LogP contribution in [0.2, 0.25) is 0 Å². The number of aromatic nitrogens is 2. The molecule has 1 fully saturated rings. The van der Waals surface area contributed by atoms with Crippen molar-refractivity contribution >= 4 is 15.8 Å². The lowest BCUT2D eigenvalue weighted by atomic mass is 10.1. The monoisotopic (exact) mass is 404 g/mol. The zero-order valence-corrected chi connectivity index (χ0v) is 17.5. The van der Waals surface area contributed by atoms with Crippen molar-refractivity contribution in [3.05, 3.63) is 42.0 Å². The molecule has 0 N–H and O–H groups in total. The Balaban J connectivity index is 1.67. The van der Waals surface area contributed by atoms with E-state index in [1.807, 2.05) is 37.2 Å². The maximum absolute atomic E-state index is 13.0. The highest BCUT2D eigenvalue weighted by Gasteiger charge is 2.31. The molecule has 0 spiro atoms. The largest absolute Gasteiger partial charge is 0.472 e. The standard InChI is InChI=1S/C20H28N4O3S/c1-4-6-16-8-10-18(11-9-16)28(25,26)24-14-5-7-17(15-24)27-20-13-12-19(21-22-20)23(2)3/h8-13,17H,4-7,14-15H2,1-3H3. The fraction of sp³-hybridized carbons (Fsp3) is 0.500. The van der Waals surface area contributed by atoms with Gasteiger partial charge in [-0.05, 0) is 43.0 Å². The van der Waals surface area contributed by atoms with E-state index in [9.17, 15) is 8.42 Å². The molecule has 1 saturated heterocycles. The van der Waals surface area contributed by atoms with Crippen LogP contribution in [0, 0.1) is 0 Å². The normalized spacial score (nSPS) is 18.0. The minimum absolute atomic E-state index is 0.234. The van der Waals surface area contributed by atoms with Crippen molar-refractivity contribution in [1.82, 2.24) is 14.5 Å². The highest BCUT2D eigenvalue weighted by Crippen LogP contribution is 2.24. The number of hydrogen-bond acceptors (Lipinski definition) is 6. The van der Waals surface area contributed by atoms with Crippen LogP contribution in [0.5, 0.6) is 5.88 Å². The maximum Gasteiger partial charge on any atom is 0.243 e. The third-order valence-corrected chi connectivity index (χ3v) is 6.69. The van der Waals surface area contributed by atoms with E-state index in [0.717, 1.165) is 37.1 Å². The second-order valence-electron chi connectivity index (χ2n) is 7.26. The molecular weight excluding hydrogens is 376 g/mol. The fourth-order valence-electron chi connectivity index (χ4n) is 3.27. The van der Waals surface area contributed by atoms with E-state index in [-0.39, 0.29) is 6.10 Å². The van der Waals surface area contributed by atoms with E-state index >= 15 is 0 Å². The van der Waals surface area contributed by atoms with Crippen molar-refractivity contribution in [2.75, 3.05) is 32.1 Å². The molecule has 0 amide bonds. The zero-order chi connectivity index (χ0) is 20.1. The average molecular weight is 405 g/mol. The first kappa shape index (κ1) is 20.5. The summed E-state index contributed by atoms with van der Waals surface area (Å²) < 4.78 is 33.4. The molecule has 1 aliphatic rings. The number of hydrogen-bond donors (Lipinski definition) is 0. The van der Waals surface area contributed by atoms with E-state index < -0.39 is 10.0 Å². The molecule has 3 rings (SSSR count). The summed E-state index contributed by atoms with van der Waals surface area (Å²) >= 11 is 0. The topological polar surface area (TPSA) is 75.6 Å². The molecule has 28 heavy (non-hydrogen) atoms. The molecule has 1 aromatic carbocycles. The van der Waals surface area contributed by atoms with Crippen molar-refractivity contribution in [1.29, 1.82) is 0 Å². The molecule has 152 valence electrons. The van der Waals surface area contributed by atoms with Crippen LogP contribution in [0.4, 0.5) is 5.82 Å². The summed E-state index contributed by atoms with van der Waals surface area (Å²) in [6, 6.07) is 10.8. The highest BCUT2D eigenvalue weighted by atomic mass is 32.2. The molecule has 2 aromatic rings. The lowest BCUT2D eigenvalue weighted by Crippen LogP contribution is -2.44. The van der Waals surface area contributed by atoms with Gasteiger partial charge >= 0.3 is 0 Å².